The van der Waals surface area contributed by atoms with Gasteiger partial charge in [-0.05, 0) is 11.8 Å². The third-order valence-electron chi connectivity index (χ3n) is 0.442. The minimum Gasteiger partial charge on any atom is -0.322 e. The summed E-state index contributed by atoms with van der Waals surface area (Å²) in [4.78, 5) is 9.71. The predicted molar refractivity (Wildman–Crippen MR) is 25.8 cm³/mol. The summed E-state index contributed by atoms with van der Waals surface area (Å²) in [5.41, 5.74) is 0. The maximum absolute atomic E-state index is 9.88. The van der Waals surface area contributed by atoms with Gasteiger partial charge in [-0.1, -0.05) is 11.6 Å². The third-order valence-corrected chi connectivity index (χ3v) is 1.47. The highest BCUT2D eigenvalue weighted by Gasteiger charge is 2.22. The standard InChI is InChI=1S/C2H2ClNOS/c3-1-4-2(5)6-1/h1H,(H,4,5). The first kappa shape index (κ1) is 4.27. The highest BCUT2D eigenvalue weighted by atomic mass is 35.5. The first-order chi connectivity index (χ1) is 2.79. The van der Waals surface area contributed by atoms with Crippen molar-refractivity contribution in [3.8, 4) is 0 Å². The Balaban J connectivity index is 2.28. The van der Waals surface area contributed by atoms with Crippen molar-refractivity contribution in [3.63, 3.8) is 0 Å². The van der Waals surface area contributed by atoms with Gasteiger partial charge in [0.2, 0.25) is 0 Å². The normalized spacial score (nSPS) is 31.5. The number of carbonyl (C=O) groups excluding carboxylic acids is 1. The Bertz CT molecular complexity index is 77.6. The molecule has 0 radical (unpaired) electrons. The lowest BCUT2D eigenvalue weighted by Crippen LogP contribution is -2.36. The second kappa shape index (κ2) is 1.31. The molecule has 1 heterocycles. The summed E-state index contributed by atoms with van der Waals surface area (Å²) in [6, 6.07) is 0. The van der Waals surface area contributed by atoms with Gasteiger partial charge in [0.15, 0.2) is 4.83 Å². The number of rotatable bonds is 0. The number of hydrogen-bond acceptors (Lipinski definition) is 2. The van der Waals surface area contributed by atoms with Crippen LogP contribution in [-0.2, 0) is 0 Å². The van der Waals surface area contributed by atoms with Gasteiger partial charge in [-0.2, -0.15) is 0 Å². The minimum atomic E-state index is -0.169. The third kappa shape index (κ3) is 0.604. The lowest BCUT2D eigenvalue weighted by atomic mass is 11.1. The zero-order chi connectivity index (χ0) is 4.57. The summed E-state index contributed by atoms with van der Waals surface area (Å²) in [6.45, 7) is 0. The topological polar surface area (TPSA) is 29.1 Å². The maximum atomic E-state index is 9.88. The van der Waals surface area contributed by atoms with E-state index < -0.39 is 0 Å². The van der Waals surface area contributed by atoms with E-state index in [4.69, 9.17) is 11.6 Å². The maximum Gasteiger partial charge on any atom is 0.284 e. The molecule has 1 aliphatic heterocycles. The molecule has 1 unspecified atom stereocenters. The van der Waals surface area contributed by atoms with Gasteiger partial charge in [-0.15, -0.1) is 0 Å². The quantitative estimate of drug-likeness (QED) is 0.384. The van der Waals surface area contributed by atoms with Crippen molar-refractivity contribution in [2.45, 2.75) is 4.83 Å². The van der Waals surface area contributed by atoms with E-state index in [9.17, 15) is 4.79 Å². The van der Waals surface area contributed by atoms with Crippen LogP contribution in [0.25, 0.3) is 0 Å². The monoisotopic (exact) mass is 123 g/mol. The smallest absolute Gasteiger partial charge is 0.284 e. The molecule has 1 atom stereocenters. The first-order valence-corrected chi connectivity index (χ1v) is 2.72. The van der Waals surface area contributed by atoms with Crippen LogP contribution in [0.2, 0.25) is 0 Å². The molecule has 1 aliphatic rings. The Morgan fingerprint density at radius 3 is 2.50 bits per heavy atom. The summed E-state index contributed by atoms with van der Waals surface area (Å²) < 4.78 is 0. The average molecular weight is 124 g/mol. The van der Waals surface area contributed by atoms with Gasteiger partial charge in [-0.3, -0.25) is 4.79 Å². The molecule has 34 valence electrons. The van der Waals surface area contributed by atoms with Crippen molar-refractivity contribution < 1.29 is 4.79 Å². The Morgan fingerprint density at radius 1 is 2.00 bits per heavy atom. The number of hydrogen-bond donors (Lipinski definition) is 1. The van der Waals surface area contributed by atoms with Gasteiger partial charge in [0.25, 0.3) is 5.24 Å². The Morgan fingerprint density at radius 2 is 2.50 bits per heavy atom. The zero-order valence-corrected chi connectivity index (χ0v) is 4.34. The van der Waals surface area contributed by atoms with E-state index in [-0.39, 0.29) is 10.1 Å². The van der Waals surface area contributed by atoms with Gasteiger partial charge in [0, 0.05) is 0 Å². The Hall–Kier alpha value is 0.110. The Kier molecular flexibility index (Phi) is 0.935. The van der Waals surface area contributed by atoms with Gasteiger partial charge in [0.1, 0.15) is 0 Å². The van der Waals surface area contributed by atoms with Crippen LogP contribution < -0.4 is 5.32 Å². The summed E-state index contributed by atoms with van der Waals surface area (Å²) in [5.74, 6) is 0. The highest BCUT2D eigenvalue weighted by Crippen LogP contribution is 2.22. The van der Waals surface area contributed by atoms with Crippen LogP contribution in [0.4, 0.5) is 4.79 Å². The van der Waals surface area contributed by atoms with Gasteiger partial charge < -0.3 is 5.32 Å². The van der Waals surface area contributed by atoms with Gasteiger partial charge in [-0.25, -0.2) is 0 Å². The van der Waals surface area contributed by atoms with Crippen LogP contribution in [0, 0.1) is 0 Å². The lowest BCUT2D eigenvalue weighted by molar-refractivity contribution is 0.259. The summed E-state index contributed by atoms with van der Waals surface area (Å²) in [6.07, 6.45) is 0. The van der Waals surface area contributed by atoms with Crippen LogP contribution in [0.15, 0.2) is 0 Å². The molecule has 0 aromatic carbocycles. The first-order valence-electron chi connectivity index (χ1n) is 1.40. The molecule has 1 amide bonds. The molecular formula is C2H2ClNOS. The van der Waals surface area contributed by atoms with Crippen LogP contribution in [0.1, 0.15) is 0 Å². The van der Waals surface area contributed by atoms with Crippen molar-refractivity contribution in [1.82, 2.24) is 5.32 Å². The minimum absolute atomic E-state index is 0.0324. The molecular weight excluding hydrogens is 122 g/mol. The van der Waals surface area contributed by atoms with Crippen molar-refractivity contribution in [1.29, 1.82) is 0 Å². The van der Waals surface area contributed by atoms with Crippen LogP contribution in [-0.4, -0.2) is 10.1 Å². The number of amides is 1. The molecule has 0 spiro atoms. The summed E-state index contributed by atoms with van der Waals surface area (Å²) in [7, 11) is 0. The molecule has 0 saturated carbocycles. The number of carbonyl (C=O) groups is 1. The fourth-order valence-corrected chi connectivity index (χ4v) is 0.952. The average Bonchev–Trinajstić information content (AvgIpc) is 1.33. The second-order valence-corrected chi connectivity index (χ2v) is 2.64. The lowest BCUT2D eigenvalue weighted by Gasteiger charge is -2.17. The largest absolute Gasteiger partial charge is 0.322 e. The van der Waals surface area contributed by atoms with Gasteiger partial charge >= 0.3 is 0 Å². The van der Waals surface area contributed by atoms with E-state index in [2.05, 4.69) is 5.32 Å². The van der Waals surface area contributed by atoms with E-state index in [1.54, 1.807) is 0 Å². The number of alkyl halides is 1. The van der Waals surface area contributed by atoms with Crippen molar-refractivity contribution in [3.05, 3.63) is 0 Å². The SMILES string of the molecule is O=C1NC(Cl)S1. The molecule has 2 nitrogen and oxygen atoms in total. The molecule has 0 aromatic rings. The molecule has 0 bridgehead atoms. The molecule has 0 aromatic heterocycles. The van der Waals surface area contributed by atoms with E-state index in [0.29, 0.717) is 0 Å². The summed E-state index contributed by atoms with van der Waals surface area (Å²) >= 11 is 6.37. The number of halogens is 1. The molecule has 1 fully saturated rings. The zero-order valence-electron chi connectivity index (χ0n) is 2.77. The molecule has 1 rings (SSSR count). The van der Waals surface area contributed by atoms with E-state index in [1.165, 1.54) is 0 Å². The Labute approximate surface area is 44.2 Å². The fourth-order valence-electron chi connectivity index (χ4n) is 0.192. The van der Waals surface area contributed by atoms with Crippen molar-refractivity contribution in [2.75, 3.05) is 0 Å². The van der Waals surface area contributed by atoms with E-state index >= 15 is 0 Å². The fraction of sp³-hybridized carbons (Fsp3) is 0.500. The van der Waals surface area contributed by atoms with Crippen LogP contribution in [0.5, 0.6) is 0 Å². The van der Waals surface area contributed by atoms with Crippen LogP contribution >= 0.6 is 23.4 Å². The van der Waals surface area contributed by atoms with Crippen LogP contribution in [0.3, 0.4) is 0 Å². The second-order valence-electron chi connectivity index (χ2n) is 0.866. The molecule has 6 heavy (non-hydrogen) atoms. The van der Waals surface area contributed by atoms with E-state index in [0.717, 1.165) is 11.8 Å². The van der Waals surface area contributed by atoms with E-state index in [1.807, 2.05) is 0 Å². The molecule has 1 N–H and O–H groups in total. The van der Waals surface area contributed by atoms with Crippen molar-refractivity contribution in [2.24, 2.45) is 0 Å². The highest BCUT2D eigenvalue weighted by molar-refractivity contribution is 8.16. The van der Waals surface area contributed by atoms with Gasteiger partial charge in [0.05, 0.1) is 0 Å². The molecule has 1 saturated heterocycles. The number of nitrogens with one attached hydrogen (secondary N) is 1. The predicted octanol–water partition coefficient (Wildman–Crippen LogP) is 0.965. The number of thioether (sulfide) groups is 1. The molecule has 0 aliphatic carbocycles. The van der Waals surface area contributed by atoms with Crippen molar-refractivity contribution >= 4 is 28.6 Å². The molecule has 4 heteroatoms. The summed E-state index contributed by atoms with van der Waals surface area (Å²) in [5, 5.41) is 2.36.